The van der Waals surface area contributed by atoms with Crippen LogP contribution in [0.25, 0.3) is 21.5 Å². The first-order valence-electron chi connectivity index (χ1n) is 43.9. The van der Waals surface area contributed by atoms with Gasteiger partial charge in [-0.2, -0.15) is 0 Å². The van der Waals surface area contributed by atoms with Crippen LogP contribution in [0.1, 0.15) is 461 Å². The van der Waals surface area contributed by atoms with Crippen molar-refractivity contribution in [2.24, 2.45) is 0 Å². The van der Waals surface area contributed by atoms with E-state index in [0.29, 0.717) is 12.8 Å². The van der Waals surface area contributed by atoms with Gasteiger partial charge in [0.1, 0.15) is 20.2 Å². The molecule has 0 aliphatic carbocycles. The SMILES string of the molecule is CCCCCCCCCCCCCCCCCCc1ccc2ccc(S(=O)(=O)[O-])c(CCCCCCCCCCCCCCCCCC)c2c1.CCCCCCCCCCCCCCCCCCc1ccc2ccc(S(=O)(=O)[O-])c(CCCCCCCCCCCCCCCCCC)c2c1.[Ba+2]. The first kappa shape index (κ1) is 95.9. The van der Waals surface area contributed by atoms with Crippen molar-refractivity contribution in [2.45, 2.75) is 474 Å². The third kappa shape index (κ3) is 50.9. The fourth-order valence-electron chi connectivity index (χ4n) is 15.6. The Morgan fingerprint density at radius 2 is 0.376 bits per heavy atom. The van der Waals surface area contributed by atoms with Crippen LogP contribution in [-0.4, -0.2) is 74.8 Å². The number of rotatable bonds is 70. The van der Waals surface area contributed by atoms with Crippen molar-refractivity contribution in [1.82, 2.24) is 0 Å². The van der Waals surface area contributed by atoms with E-state index in [2.05, 4.69) is 64.1 Å². The molecule has 101 heavy (non-hydrogen) atoms. The van der Waals surface area contributed by atoms with Crippen molar-refractivity contribution in [3.8, 4) is 0 Å². The van der Waals surface area contributed by atoms with Crippen LogP contribution in [0.2, 0.25) is 0 Å². The molecule has 0 bridgehead atoms. The third-order valence-corrected chi connectivity index (χ3v) is 23.9. The Morgan fingerprint density at radius 1 is 0.218 bits per heavy atom. The molecule has 576 valence electrons. The number of benzene rings is 4. The number of unbranched alkanes of at least 4 members (excludes halogenated alkanes) is 60. The van der Waals surface area contributed by atoms with Crippen LogP contribution >= 0.6 is 0 Å². The summed E-state index contributed by atoms with van der Waals surface area (Å²) in [6.07, 6.45) is 89.2. The summed E-state index contributed by atoms with van der Waals surface area (Å²) in [6.45, 7) is 9.13. The molecule has 4 rings (SSSR count). The van der Waals surface area contributed by atoms with Gasteiger partial charge in [0.25, 0.3) is 0 Å². The first-order valence-corrected chi connectivity index (χ1v) is 46.8. The second-order valence-corrected chi connectivity index (χ2v) is 34.0. The van der Waals surface area contributed by atoms with Gasteiger partial charge in [-0.25, -0.2) is 16.8 Å². The third-order valence-electron chi connectivity index (χ3n) is 22.0. The quantitative estimate of drug-likeness (QED) is 0.0247. The molecular weight excluding hydrogens is 1400 g/mol. The van der Waals surface area contributed by atoms with Gasteiger partial charge < -0.3 is 9.11 Å². The predicted molar refractivity (Wildman–Crippen MR) is 443 cm³/mol. The maximum atomic E-state index is 12.2. The molecule has 0 aromatic heterocycles. The molecule has 0 heterocycles. The van der Waals surface area contributed by atoms with Gasteiger partial charge in [0.2, 0.25) is 0 Å². The van der Waals surface area contributed by atoms with Crippen molar-refractivity contribution in [3.63, 3.8) is 0 Å². The van der Waals surface area contributed by atoms with E-state index in [1.165, 1.54) is 384 Å². The average Bonchev–Trinajstić information content (AvgIpc) is 0.789. The molecule has 0 aliphatic rings. The molecule has 4 aromatic carbocycles. The summed E-state index contributed by atoms with van der Waals surface area (Å²) in [7, 11) is -9.01. The summed E-state index contributed by atoms with van der Waals surface area (Å²) in [5, 5.41) is 4.02. The fourth-order valence-corrected chi connectivity index (χ4v) is 17.1. The van der Waals surface area contributed by atoms with Gasteiger partial charge in [0.05, 0.1) is 9.79 Å². The van der Waals surface area contributed by atoms with E-state index in [1.807, 2.05) is 12.1 Å². The molecule has 0 saturated carbocycles. The Morgan fingerprint density at radius 3 is 0.554 bits per heavy atom. The van der Waals surface area contributed by atoms with Crippen LogP contribution in [-0.2, 0) is 45.9 Å². The number of fused-ring (bicyclic) bond motifs is 2. The Bertz CT molecular complexity index is 2570. The second-order valence-electron chi connectivity index (χ2n) is 31.3. The van der Waals surface area contributed by atoms with E-state index in [9.17, 15) is 25.9 Å². The van der Waals surface area contributed by atoms with Gasteiger partial charge >= 0.3 is 48.9 Å². The van der Waals surface area contributed by atoms with E-state index >= 15 is 0 Å². The molecule has 0 radical (unpaired) electrons. The molecule has 0 aliphatic heterocycles. The summed E-state index contributed by atoms with van der Waals surface area (Å²) in [4.78, 5) is -0.0176. The van der Waals surface area contributed by atoms with E-state index in [1.54, 1.807) is 12.1 Å². The van der Waals surface area contributed by atoms with Crippen LogP contribution in [0.3, 0.4) is 0 Å². The van der Waals surface area contributed by atoms with Crippen LogP contribution in [0.4, 0.5) is 0 Å². The minimum Gasteiger partial charge on any atom is -0.744 e. The zero-order valence-corrected chi connectivity index (χ0v) is 72.9. The topological polar surface area (TPSA) is 114 Å². The standard InChI is InChI=1S/2C46H80O3S.Ba/c2*1-3-5-7-9-11-13-15-17-19-21-23-25-27-29-31-33-35-42-37-38-43-39-40-46(50(47,48)49)44(45(43)41-42)36-34-32-30-28-26-24-22-20-18-16-14-12-10-8-6-4-2;/h2*37-41H,3-36H2,1-2H3,(H,47,48,49);/q;;+2/p-2. The zero-order chi connectivity index (χ0) is 71.9. The molecule has 4 aromatic rings. The van der Waals surface area contributed by atoms with Crippen molar-refractivity contribution in [3.05, 3.63) is 82.9 Å². The summed E-state index contributed by atoms with van der Waals surface area (Å²) >= 11 is 0. The minimum atomic E-state index is -4.50. The van der Waals surface area contributed by atoms with Crippen LogP contribution < -0.4 is 0 Å². The maximum Gasteiger partial charge on any atom is 2.00 e. The summed E-state index contributed by atoms with van der Waals surface area (Å²) in [5.41, 5.74) is 4.02. The van der Waals surface area contributed by atoms with Crippen LogP contribution in [0.5, 0.6) is 0 Å². The Hall–Kier alpha value is -1.21. The van der Waals surface area contributed by atoms with Crippen LogP contribution in [0, 0.1) is 0 Å². The molecule has 6 nitrogen and oxygen atoms in total. The average molecular weight is 1560 g/mol. The minimum absolute atomic E-state index is 0. The van der Waals surface area contributed by atoms with E-state index < -0.39 is 20.2 Å². The molecule has 0 fully saturated rings. The summed E-state index contributed by atoms with van der Waals surface area (Å²) in [6, 6.07) is 19.7. The number of hydrogen-bond donors (Lipinski definition) is 0. The largest absolute Gasteiger partial charge is 2.00 e. The maximum absolute atomic E-state index is 12.2. The van der Waals surface area contributed by atoms with Crippen molar-refractivity contribution in [1.29, 1.82) is 0 Å². The van der Waals surface area contributed by atoms with Crippen molar-refractivity contribution < 1.29 is 25.9 Å². The van der Waals surface area contributed by atoms with Gasteiger partial charge in [-0.3, -0.25) is 0 Å². The molecule has 0 amide bonds. The summed E-state index contributed by atoms with van der Waals surface area (Å²) in [5.74, 6) is 0. The van der Waals surface area contributed by atoms with E-state index in [0.717, 1.165) is 84.0 Å². The van der Waals surface area contributed by atoms with Crippen molar-refractivity contribution >= 4 is 90.7 Å². The van der Waals surface area contributed by atoms with Gasteiger partial charge in [0, 0.05) is 0 Å². The van der Waals surface area contributed by atoms with Gasteiger partial charge in [-0.15, -0.1) is 0 Å². The molecular formula is C92H158BaO6S2. The molecule has 0 N–H and O–H groups in total. The first-order chi connectivity index (χ1) is 48.9. The van der Waals surface area contributed by atoms with Gasteiger partial charge in [-0.05, 0) is 107 Å². The fraction of sp³-hybridized carbons (Fsp3) is 0.783. The molecule has 0 atom stereocenters. The molecule has 0 saturated heterocycles. The smallest absolute Gasteiger partial charge is 0.744 e. The number of aryl methyl sites for hydroxylation is 4. The van der Waals surface area contributed by atoms with E-state index in [-0.39, 0.29) is 58.7 Å². The van der Waals surface area contributed by atoms with Gasteiger partial charge in [-0.1, -0.05) is 461 Å². The van der Waals surface area contributed by atoms with Crippen molar-refractivity contribution in [2.75, 3.05) is 0 Å². The normalized spacial score (nSPS) is 11.9. The van der Waals surface area contributed by atoms with E-state index in [4.69, 9.17) is 0 Å². The monoisotopic (exact) mass is 1560 g/mol. The second kappa shape index (κ2) is 67.0. The summed E-state index contributed by atoms with van der Waals surface area (Å²) < 4.78 is 73.4. The molecule has 0 spiro atoms. The van der Waals surface area contributed by atoms with Crippen LogP contribution in [0.15, 0.2) is 70.5 Å². The molecule has 9 heteroatoms. The Kier molecular flexibility index (Phi) is 63.5. The number of hydrogen-bond acceptors (Lipinski definition) is 6. The predicted octanol–water partition coefficient (Wildman–Crippen LogP) is 30.3. The molecule has 0 unspecified atom stereocenters. The van der Waals surface area contributed by atoms with Gasteiger partial charge in [0.15, 0.2) is 0 Å². The Balaban J connectivity index is 0.000000680. The zero-order valence-electron chi connectivity index (χ0n) is 66.8. The Labute approximate surface area is 667 Å².